The van der Waals surface area contributed by atoms with Crippen LogP contribution in [-0.4, -0.2) is 5.84 Å². The van der Waals surface area contributed by atoms with Gasteiger partial charge in [-0.3, -0.25) is 0 Å². The summed E-state index contributed by atoms with van der Waals surface area (Å²) in [4.78, 5) is 5.34. The topological polar surface area (TPSA) is 33.6 Å². The summed E-state index contributed by atoms with van der Waals surface area (Å²) in [6, 6.07) is 67.7. The summed E-state index contributed by atoms with van der Waals surface area (Å²) in [6.07, 6.45) is 2.28. The predicted molar refractivity (Wildman–Crippen MR) is 235 cm³/mol. The standard InChI is InChI=1S/C53H34N2OS/c1-2-14-33(15-3-1)52-54-46(35-26-28-41-40-20-8-13-25-50(40)57-51(41)31-35)32-47(55-52)39-19-5-4-16-36(39)34-27-29-45-49(30-34)56-48-24-12-11-23-44(48)53(45)42-21-9-6-17-37(42)38-18-7-10-22-43(38)53/h1-32,46H,(H,54,55). The molecule has 0 saturated heterocycles. The minimum absolute atomic E-state index is 0.0823. The van der Waals surface area contributed by atoms with Crippen LogP contribution in [-0.2, 0) is 5.41 Å². The van der Waals surface area contributed by atoms with Gasteiger partial charge in [-0.25, -0.2) is 4.99 Å². The van der Waals surface area contributed by atoms with Crippen molar-refractivity contribution in [2.24, 2.45) is 4.99 Å². The molecule has 1 unspecified atom stereocenters. The van der Waals surface area contributed by atoms with Gasteiger partial charge in [0, 0.05) is 42.4 Å². The Balaban J connectivity index is 1.02. The number of nitrogens with zero attached hydrogens (tertiary/aromatic N) is 1. The molecule has 0 bridgehead atoms. The van der Waals surface area contributed by atoms with Crippen molar-refractivity contribution < 1.29 is 4.74 Å². The zero-order valence-corrected chi connectivity index (χ0v) is 31.6. The van der Waals surface area contributed by atoms with Gasteiger partial charge >= 0.3 is 0 Å². The second-order valence-corrected chi connectivity index (χ2v) is 16.1. The van der Waals surface area contributed by atoms with Gasteiger partial charge in [0.15, 0.2) is 0 Å². The molecule has 3 heterocycles. The van der Waals surface area contributed by atoms with Crippen LogP contribution < -0.4 is 10.1 Å². The second kappa shape index (κ2) is 12.5. The van der Waals surface area contributed by atoms with E-state index in [0.29, 0.717) is 0 Å². The van der Waals surface area contributed by atoms with Crippen LogP contribution in [0.15, 0.2) is 199 Å². The van der Waals surface area contributed by atoms with Gasteiger partial charge < -0.3 is 10.1 Å². The highest BCUT2D eigenvalue weighted by atomic mass is 32.1. The summed E-state index contributed by atoms with van der Waals surface area (Å²) in [6.45, 7) is 0. The molecule has 3 nitrogen and oxygen atoms in total. The maximum Gasteiger partial charge on any atom is 0.134 e. The minimum atomic E-state index is -0.495. The zero-order chi connectivity index (χ0) is 37.5. The first-order valence-electron chi connectivity index (χ1n) is 19.5. The number of thiophene rings is 1. The Labute approximate surface area is 334 Å². The molecule has 3 aliphatic rings. The van der Waals surface area contributed by atoms with Crippen LogP contribution in [0.3, 0.4) is 0 Å². The van der Waals surface area contributed by atoms with Crippen LogP contribution in [0, 0.1) is 0 Å². The van der Waals surface area contributed by atoms with Gasteiger partial charge in [0.1, 0.15) is 17.3 Å². The van der Waals surface area contributed by atoms with Crippen molar-refractivity contribution in [2.75, 3.05) is 0 Å². The average Bonchev–Trinajstić information content (AvgIpc) is 3.80. The van der Waals surface area contributed by atoms with Gasteiger partial charge in [-0.1, -0.05) is 164 Å². The number of aliphatic imine (C=N–C) groups is 1. The van der Waals surface area contributed by atoms with E-state index in [9.17, 15) is 0 Å². The van der Waals surface area contributed by atoms with E-state index in [1.54, 1.807) is 0 Å². The second-order valence-electron chi connectivity index (χ2n) is 15.1. The van der Waals surface area contributed by atoms with Crippen molar-refractivity contribution in [2.45, 2.75) is 11.5 Å². The fourth-order valence-electron chi connectivity index (χ4n) is 9.53. The van der Waals surface area contributed by atoms with Crippen molar-refractivity contribution in [3.8, 4) is 33.8 Å². The van der Waals surface area contributed by atoms with Gasteiger partial charge in [-0.2, -0.15) is 0 Å². The smallest absolute Gasteiger partial charge is 0.134 e. The quantitative estimate of drug-likeness (QED) is 0.195. The van der Waals surface area contributed by atoms with Crippen LogP contribution in [0.1, 0.15) is 45.0 Å². The predicted octanol–water partition coefficient (Wildman–Crippen LogP) is 13.3. The van der Waals surface area contributed by atoms with Gasteiger partial charge in [0.2, 0.25) is 0 Å². The van der Waals surface area contributed by atoms with E-state index in [1.807, 2.05) is 11.3 Å². The highest BCUT2D eigenvalue weighted by molar-refractivity contribution is 7.25. The van der Waals surface area contributed by atoms with Gasteiger partial charge in [0.05, 0.1) is 17.2 Å². The molecular formula is C53H34N2OS. The van der Waals surface area contributed by atoms with E-state index in [-0.39, 0.29) is 6.04 Å². The molecule has 9 aromatic rings. The highest BCUT2D eigenvalue weighted by Crippen LogP contribution is 2.62. The molecule has 12 rings (SSSR count). The van der Waals surface area contributed by atoms with Crippen LogP contribution in [0.2, 0.25) is 0 Å². The average molecular weight is 747 g/mol. The summed E-state index contributed by atoms with van der Waals surface area (Å²) >= 11 is 1.85. The summed E-state index contributed by atoms with van der Waals surface area (Å²) in [5.41, 5.74) is 13.4. The van der Waals surface area contributed by atoms with E-state index in [1.165, 1.54) is 53.6 Å². The molecule has 0 saturated carbocycles. The number of nitrogens with one attached hydrogen (secondary N) is 1. The number of ether oxygens (including phenoxy) is 1. The van der Waals surface area contributed by atoms with Crippen LogP contribution in [0.25, 0.3) is 48.1 Å². The summed E-state index contributed by atoms with van der Waals surface area (Å²) in [5, 5.41) is 6.40. The summed E-state index contributed by atoms with van der Waals surface area (Å²) in [7, 11) is 0. The molecular weight excluding hydrogens is 713 g/mol. The maximum atomic E-state index is 6.90. The monoisotopic (exact) mass is 746 g/mol. The molecule has 1 atom stereocenters. The largest absolute Gasteiger partial charge is 0.457 e. The fourth-order valence-corrected chi connectivity index (χ4v) is 10.7. The first kappa shape index (κ1) is 32.3. The third kappa shape index (κ3) is 4.81. The third-order valence-electron chi connectivity index (χ3n) is 12.0. The van der Waals surface area contributed by atoms with E-state index in [2.05, 4.69) is 199 Å². The van der Waals surface area contributed by atoms with E-state index >= 15 is 0 Å². The van der Waals surface area contributed by atoms with Gasteiger partial charge in [-0.05, 0) is 69.3 Å². The number of benzene rings is 8. The lowest BCUT2D eigenvalue weighted by atomic mass is 9.66. The first-order valence-corrected chi connectivity index (χ1v) is 20.3. The molecule has 8 aromatic carbocycles. The van der Waals surface area contributed by atoms with Crippen molar-refractivity contribution >= 4 is 43.0 Å². The number of hydrogen-bond acceptors (Lipinski definition) is 4. The lowest BCUT2D eigenvalue weighted by Gasteiger charge is -2.39. The van der Waals surface area contributed by atoms with Crippen molar-refractivity contribution in [3.05, 3.63) is 233 Å². The zero-order valence-electron chi connectivity index (χ0n) is 30.8. The Morgan fingerprint density at radius 2 is 1.11 bits per heavy atom. The van der Waals surface area contributed by atoms with Crippen LogP contribution >= 0.6 is 11.3 Å². The SMILES string of the molecule is C1=C(c2ccccc2-c2ccc3c(c2)Oc2ccccc2C32c3ccccc3-c3ccccc32)N=C(c2ccccc2)NC1c1ccc2c(c1)sc1ccccc12. The number of amidine groups is 1. The van der Waals surface area contributed by atoms with Gasteiger partial charge in [-0.15, -0.1) is 11.3 Å². The Morgan fingerprint density at radius 1 is 0.474 bits per heavy atom. The molecule has 1 N–H and O–H groups in total. The van der Waals surface area contributed by atoms with E-state index < -0.39 is 5.41 Å². The molecule has 0 radical (unpaired) electrons. The fraction of sp³-hybridized carbons (Fsp3) is 0.0377. The third-order valence-corrected chi connectivity index (χ3v) is 13.2. The number of para-hydroxylation sites is 1. The van der Waals surface area contributed by atoms with Crippen LogP contribution in [0.4, 0.5) is 0 Å². The first-order chi connectivity index (χ1) is 28.2. The molecule has 1 aromatic heterocycles. The van der Waals surface area contributed by atoms with Gasteiger partial charge in [0.25, 0.3) is 0 Å². The van der Waals surface area contributed by atoms with Crippen molar-refractivity contribution in [1.29, 1.82) is 0 Å². The summed E-state index contributed by atoms with van der Waals surface area (Å²) in [5.74, 6) is 2.61. The minimum Gasteiger partial charge on any atom is -0.457 e. The Morgan fingerprint density at radius 3 is 1.91 bits per heavy atom. The Bertz CT molecular complexity index is 3110. The molecule has 4 heteroatoms. The molecule has 268 valence electrons. The normalized spacial score (nSPS) is 15.8. The van der Waals surface area contributed by atoms with E-state index in [4.69, 9.17) is 9.73 Å². The van der Waals surface area contributed by atoms with Crippen LogP contribution in [0.5, 0.6) is 11.5 Å². The maximum absolute atomic E-state index is 6.90. The lowest BCUT2D eigenvalue weighted by Crippen LogP contribution is -2.32. The molecule has 0 fully saturated rings. The Hall–Kier alpha value is -7.01. The molecule has 1 aliphatic carbocycles. The number of fused-ring (bicyclic) bond motifs is 12. The lowest BCUT2D eigenvalue weighted by molar-refractivity contribution is 0.436. The highest BCUT2D eigenvalue weighted by Gasteiger charge is 2.50. The van der Waals surface area contributed by atoms with Crippen molar-refractivity contribution in [3.63, 3.8) is 0 Å². The molecule has 1 spiro atoms. The Kier molecular flexibility index (Phi) is 7.08. The number of rotatable bonds is 4. The van der Waals surface area contributed by atoms with E-state index in [0.717, 1.165) is 50.8 Å². The molecule has 2 aliphatic heterocycles. The molecule has 0 amide bonds. The summed E-state index contributed by atoms with van der Waals surface area (Å²) < 4.78 is 9.49. The number of hydrogen-bond donors (Lipinski definition) is 1. The molecule has 57 heavy (non-hydrogen) atoms. The van der Waals surface area contributed by atoms with Crippen molar-refractivity contribution in [1.82, 2.24) is 5.32 Å².